The van der Waals surface area contributed by atoms with Crippen molar-refractivity contribution in [1.82, 2.24) is 45.7 Å². The average molecular weight is 636 g/mol. The zero-order valence-corrected chi connectivity index (χ0v) is 25.1. The van der Waals surface area contributed by atoms with Gasteiger partial charge in [-0.05, 0) is 42.8 Å². The van der Waals surface area contributed by atoms with E-state index in [-0.39, 0.29) is 47.6 Å². The van der Waals surface area contributed by atoms with Gasteiger partial charge in [0.05, 0.1) is 6.54 Å². The number of β-lactam (4-membered cyclic amide) rings is 1. The summed E-state index contributed by atoms with van der Waals surface area (Å²) in [4.78, 5) is 64.0. The summed E-state index contributed by atoms with van der Waals surface area (Å²) in [5.74, 6) is -2.23. The summed E-state index contributed by atoms with van der Waals surface area (Å²) in [5, 5.41) is 30.1. The number of ether oxygens (including phenoxy) is 1. The monoisotopic (exact) mass is 635 g/mol. The minimum Gasteiger partial charge on any atom is -0.477 e. The van der Waals surface area contributed by atoms with Crippen molar-refractivity contribution >= 4 is 58.9 Å². The number of thioether (sulfide) groups is 2. The number of aromatic nitrogens is 6. The number of rotatable bonds is 11. The number of carbonyl (C=O) groups is 4. The number of fused-ring (bicyclic) bond motifs is 1. The number of nitrogens with zero attached hydrogens (tertiary/aromatic N) is 8. The molecule has 2 aromatic rings. The highest BCUT2D eigenvalue weighted by molar-refractivity contribution is 8.01. The molecule has 43 heavy (non-hydrogen) atoms. The van der Waals surface area contributed by atoms with E-state index in [2.05, 4.69) is 41.3 Å². The fourth-order valence-electron chi connectivity index (χ4n) is 3.94. The SMILES string of the molecule is CON=C(C(=O)NC1C(=O)N2C(C(=O)O)=C(CSc3nnnn3CCNC(=O)OC(C)(C)C)CS[C@@H]12)c1nccc(N)n1. The number of hydrogen-bond acceptors (Lipinski definition) is 15. The number of nitrogens with two attached hydrogens (primary N) is 1. The van der Waals surface area contributed by atoms with Gasteiger partial charge in [-0.15, -0.1) is 16.9 Å². The van der Waals surface area contributed by atoms with Crippen molar-refractivity contribution in [3.05, 3.63) is 29.4 Å². The maximum atomic E-state index is 13.1. The Morgan fingerprint density at radius 2 is 2.09 bits per heavy atom. The fourth-order valence-corrected chi connectivity index (χ4v) is 6.32. The lowest BCUT2D eigenvalue weighted by molar-refractivity contribution is -0.150. The van der Waals surface area contributed by atoms with Gasteiger partial charge in [0.25, 0.3) is 11.8 Å². The molecule has 0 spiro atoms. The van der Waals surface area contributed by atoms with Crippen LogP contribution in [0, 0.1) is 0 Å². The van der Waals surface area contributed by atoms with E-state index < -0.39 is 40.9 Å². The van der Waals surface area contributed by atoms with E-state index in [0.29, 0.717) is 10.7 Å². The van der Waals surface area contributed by atoms with E-state index in [9.17, 15) is 24.3 Å². The van der Waals surface area contributed by atoms with Crippen LogP contribution in [0.3, 0.4) is 0 Å². The highest BCUT2D eigenvalue weighted by Gasteiger charge is 2.54. The van der Waals surface area contributed by atoms with Gasteiger partial charge in [0.1, 0.15) is 35.6 Å². The van der Waals surface area contributed by atoms with Crippen LogP contribution in [-0.2, 0) is 30.5 Å². The lowest BCUT2D eigenvalue weighted by Gasteiger charge is -2.49. The first kappa shape index (κ1) is 31.5. The normalized spacial score (nSPS) is 18.5. The Balaban J connectivity index is 1.40. The summed E-state index contributed by atoms with van der Waals surface area (Å²) in [6, 6.07) is 0.409. The molecule has 2 aliphatic heterocycles. The number of hydrogen-bond donors (Lipinski definition) is 4. The van der Waals surface area contributed by atoms with Crippen LogP contribution < -0.4 is 16.4 Å². The standard InChI is InChI=1S/C23H29N11O7S2/c1-23(2,3)41-22(39)26-7-8-33-21(29-31-32-33)43-10-11-9-42-19-14(18(36)34(19)15(11)20(37)38)28-17(35)13(30-40-4)16-25-6-5-12(24)27-16/h5-6,14,19H,7-10H2,1-4H3,(H,26,39)(H,28,35)(H,37,38)(H2,24,25,27)/t14?,19-/m0/s1. The van der Waals surface area contributed by atoms with Crippen LogP contribution in [0.2, 0.25) is 0 Å². The maximum absolute atomic E-state index is 13.1. The maximum Gasteiger partial charge on any atom is 0.407 e. The van der Waals surface area contributed by atoms with Crippen molar-refractivity contribution in [2.45, 2.75) is 49.5 Å². The topological polar surface area (TPSA) is 242 Å². The van der Waals surface area contributed by atoms with Crippen LogP contribution in [0.15, 0.2) is 33.8 Å². The predicted octanol–water partition coefficient (Wildman–Crippen LogP) is -0.549. The molecule has 5 N–H and O–H groups in total. The zero-order chi connectivity index (χ0) is 31.3. The van der Waals surface area contributed by atoms with E-state index in [1.807, 2.05) is 0 Å². The summed E-state index contributed by atoms with van der Waals surface area (Å²) in [5.41, 5.74) is 5.06. The van der Waals surface area contributed by atoms with Gasteiger partial charge in [0, 0.05) is 24.2 Å². The number of carboxylic acid groups (broad SMARTS) is 1. The number of carboxylic acids is 1. The van der Waals surface area contributed by atoms with E-state index in [0.717, 1.165) is 4.90 Å². The van der Waals surface area contributed by atoms with E-state index in [1.54, 1.807) is 20.8 Å². The predicted molar refractivity (Wildman–Crippen MR) is 152 cm³/mol. The fraction of sp³-hybridized carbons (Fsp3) is 0.478. The molecule has 20 heteroatoms. The van der Waals surface area contributed by atoms with Crippen LogP contribution in [0.4, 0.5) is 10.6 Å². The van der Waals surface area contributed by atoms with Crippen LogP contribution in [-0.4, -0.2) is 112 Å². The molecule has 0 bridgehead atoms. The van der Waals surface area contributed by atoms with Gasteiger partial charge in [0.15, 0.2) is 5.82 Å². The Labute approximate surface area is 253 Å². The number of carbonyl (C=O) groups excluding carboxylic acids is 3. The first-order chi connectivity index (χ1) is 20.4. The third kappa shape index (κ3) is 7.49. The summed E-state index contributed by atoms with van der Waals surface area (Å²) in [6.45, 7) is 5.71. The van der Waals surface area contributed by atoms with Gasteiger partial charge in [0.2, 0.25) is 10.9 Å². The number of nitrogens with one attached hydrogen (secondary N) is 2. The second-order valence-corrected chi connectivity index (χ2v) is 12.0. The average Bonchev–Trinajstić information content (AvgIpc) is 3.38. The molecule has 4 heterocycles. The third-order valence-corrected chi connectivity index (χ3v) is 8.07. The van der Waals surface area contributed by atoms with Crippen molar-refractivity contribution in [2.24, 2.45) is 5.16 Å². The molecule has 0 saturated carbocycles. The Bertz CT molecular complexity index is 1470. The molecule has 0 radical (unpaired) electrons. The Kier molecular flexibility index (Phi) is 9.69. The van der Waals surface area contributed by atoms with Crippen molar-refractivity contribution in [3.8, 4) is 0 Å². The number of amides is 3. The Morgan fingerprint density at radius 3 is 2.77 bits per heavy atom. The molecule has 2 atom stereocenters. The third-order valence-electron chi connectivity index (χ3n) is 5.69. The molecular weight excluding hydrogens is 606 g/mol. The summed E-state index contributed by atoms with van der Waals surface area (Å²) in [7, 11) is 1.23. The number of alkyl carbamates (subject to hydrolysis) is 1. The first-order valence-electron chi connectivity index (χ1n) is 12.7. The lowest BCUT2D eigenvalue weighted by atomic mass is 10.0. The van der Waals surface area contributed by atoms with Crippen molar-refractivity contribution in [1.29, 1.82) is 0 Å². The minimum atomic E-state index is -1.28. The number of nitrogen functional groups attached to an aromatic ring is 1. The highest BCUT2D eigenvalue weighted by Crippen LogP contribution is 2.41. The highest BCUT2D eigenvalue weighted by atomic mass is 32.2. The molecule has 2 aliphatic rings. The molecule has 230 valence electrons. The van der Waals surface area contributed by atoms with E-state index >= 15 is 0 Å². The van der Waals surface area contributed by atoms with Crippen LogP contribution >= 0.6 is 23.5 Å². The molecule has 2 aromatic heterocycles. The summed E-state index contributed by atoms with van der Waals surface area (Å²) in [6.07, 6.45) is 0.764. The largest absolute Gasteiger partial charge is 0.477 e. The molecule has 0 aliphatic carbocycles. The minimum absolute atomic E-state index is 0.100. The van der Waals surface area contributed by atoms with Crippen molar-refractivity contribution < 1.29 is 33.9 Å². The van der Waals surface area contributed by atoms with Gasteiger partial charge in [-0.1, -0.05) is 16.9 Å². The smallest absolute Gasteiger partial charge is 0.407 e. The molecule has 1 saturated heterocycles. The molecule has 3 amide bonds. The lowest BCUT2D eigenvalue weighted by Crippen LogP contribution is -2.71. The van der Waals surface area contributed by atoms with Crippen LogP contribution in [0.5, 0.6) is 0 Å². The van der Waals surface area contributed by atoms with Gasteiger partial charge >= 0.3 is 12.1 Å². The number of aliphatic carboxylic acids is 1. The molecule has 0 aromatic carbocycles. The molecule has 4 rings (SSSR count). The number of tetrazole rings is 1. The summed E-state index contributed by atoms with van der Waals surface area (Å²) >= 11 is 2.48. The number of oxime groups is 1. The van der Waals surface area contributed by atoms with Crippen molar-refractivity contribution in [2.75, 3.05) is 30.9 Å². The Morgan fingerprint density at radius 1 is 1.33 bits per heavy atom. The van der Waals surface area contributed by atoms with E-state index in [4.69, 9.17) is 15.3 Å². The number of anilines is 1. The Hall–Kier alpha value is -4.46. The quantitative estimate of drug-likeness (QED) is 0.105. The van der Waals surface area contributed by atoms with Gasteiger partial charge in [-0.3, -0.25) is 14.5 Å². The molecule has 1 unspecified atom stereocenters. The van der Waals surface area contributed by atoms with Crippen molar-refractivity contribution in [3.63, 3.8) is 0 Å². The van der Waals surface area contributed by atoms with Gasteiger partial charge in [-0.25, -0.2) is 24.2 Å². The summed E-state index contributed by atoms with van der Waals surface area (Å²) < 4.78 is 6.66. The zero-order valence-electron chi connectivity index (χ0n) is 23.5. The van der Waals surface area contributed by atoms with Gasteiger partial charge in [-0.2, -0.15) is 0 Å². The van der Waals surface area contributed by atoms with Gasteiger partial charge < -0.3 is 31.0 Å². The van der Waals surface area contributed by atoms with Crippen LogP contribution in [0.1, 0.15) is 26.6 Å². The second kappa shape index (κ2) is 13.2. The second-order valence-electron chi connectivity index (χ2n) is 9.95. The first-order valence-corrected chi connectivity index (χ1v) is 14.7. The molecular formula is C23H29N11O7S2. The van der Waals surface area contributed by atoms with Crippen LogP contribution in [0.25, 0.3) is 0 Å². The molecule has 18 nitrogen and oxygen atoms in total. The molecule has 1 fully saturated rings. The van der Waals surface area contributed by atoms with E-state index in [1.165, 1.54) is 47.6 Å².